The van der Waals surface area contributed by atoms with Crippen LogP contribution in [0.4, 0.5) is 5.69 Å². The Morgan fingerprint density at radius 1 is 1.50 bits per heavy atom. The summed E-state index contributed by atoms with van der Waals surface area (Å²) in [6, 6.07) is 5.42. The first-order chi connectivity index (χ1) is 8.58. The molecule has 1 rings (SSSR count). The van der Waals surface area contributed by atoms with Gasteiger partial charge in [0.15, 0.2) is 0 Å². The molecule has 18 heavy (non-hydrogen) atoms. The highest BCUT2D eigenvalue weighted by molar-refractivity contribution is 7.99. The zero-order valence-electron chi connectivity index (χ0n) is 11.1. The predicted octanol–water partition coefficient (Wildman–Crippen LogP) is 2.15. The first-order valence-corrected chi connectivity index (χ1v) is 7.25. The molecule has 5 heteroatoms. The first kappa shape index (κ1) is 14.9. The van der Waals surface area contributed by atoms with Crippen LogP contribution in [0.2, 0.25) is 0 Å². The van der Waals surface area contributed by atoms with Crippen molar-refractivity contribution in [1.29, 1.82) is 0 Å². The third-order valence-corrected chi connectivity index (χ3v) is 3.92. The van der Waals surface area contributed by atoms with Gasteiger partial charge in [-0.15, -0.1) is 0 Å². The third kappa shape index (κ3) is 4.23. The van der Waals surface area contributed by atoms with Crippen LogP contribution in [0.25, 0.3) is 0 Å². The number of hydrogen-bond donors (Lipinski definition) is 3. The van der Waals surface area contributed by atoms with Crippen molar-refractivity contribution < 1.29 is 4.79 Å². The van der Waals surface area contributed by atoms with E-state index in [1.54, 1.807) is 17.8 Å². The highest BCUT2D eigenvalue weighted by Gasteiger charge is 2.07. The molecule has 0 fully saturated rings. The number of benzene rings is 1. The summed E-state index contributed by atoms with van der Waals surface area (Å²) in [6.45, 7) is 4.78. The van der Waals surface area contributed by atoms with Gasteiger partial charge in [0.1, 0.15) is 0 Å². The number of hydrazine groups is 1. The Hall–Kier alpha value is -1.20. The quantitative estimate of drug-likeness (QED) is 0.546. The maximum absolute atomic E-state index is 11.9. The molecule has 0 heterocycles. The lowest BCUT2D eigenvalue weighted by molar-refractivity contribution is 0.0953. The van der Waals surface area contributed by atoms with Crippen LogP contribution in [0, 0.1) is 6.92 Å². The van der Waals surface area contributed by atoms with Crippen molar-refractivity contribution in [1.82, 2.24) is 5.32 Å². The summed E-state index contributed by atoms with van der Waals surface area (Å²) < 4.78 is 0. The highest BCUT2D eigenvalue weighted by atomic mass is 32.2. The summed E-state index contributed by atoms with van der Waals surface area (Å²) >= 11 is 1.81. The molecular weight excluding hydrogens is 246 g/mol. The number of anilines is 1. The van der Waals surface area contributed by atoms with Crippen molar-refractivity contribution in [3.8, 4) is 0 Å². The Labute approximate surface area is 113 Å². The van der Waals surface area contributed by atoms with Crippen LogP contribution in [0.3, 0.4) is 0 Å². The van der Waals surface area contributed by atoms with E-state index in [2.05, 4.69) is 23.9 Å². The van der Waals surface area contributed by atoms with Gasteiger partial charge in [0.05, 0.1) is 5.69 Å². The maximum Gasteiger partial charge on any atom is 0.251 e. The lowest BCUT2D eigenvalue weighted by atomic mass is 10.1. The van der Waals surface area contributed by atoms with Gasteiger partial charge in [0.2, 0.25) is 0 Å². The zero-order valence-corrected chi connectivity index (χ0v) is 11.9. The highest BCUT2D eigenvalue weighted by Crippen LogP contribution is 2.15. The van der Waals surface area contributed by atoms with Crippen LogP contribution in [-0.2, 0) is 0 Å². The second kappa shape index (κ2) is 7.28. The van der Waals surface area contributed by atoms with Crippen molar-refractivity contribution in [2.24, 2.45) is 5.84 Å². The fourth-order valence-electron chi connectivity index (χ4n) is 1.58. The Balaban J connectivity index is 2.54. The molecule has 0 aromatic heterocycles. The molecule has 4 nitrogen and oxygen atoms in total. The Morgan fingerprint density at radius 3 is 2.78 bits per heavy atom. The smallest absolute Gasteiger partial charge is 0.251 e. The number of nitrogen functional groups attached to an aromatic ring is 1. The monoisotopic (exact) mass is 267 g/mol. The SMILES string of the molecule is CSC(C)CCNC(=O)c1ccc(NN)c(C)c1. The maximum atomic E-state index is 11.9. The van der Waals surface area contributed by atoms with E-state index in [-0.39, 0.29) is 5.91 Å². The van der Waals surface area contributed by atoms with E-state index in [4.69, 9.17) is 5.84 Å². The van der Waals surface area contributed by atoms with Crippen LogP contribution in [0.15, 0.2) is 18.2 Å². The van der Waals surface area contributed by atoms with E-state index in [1.807, 2.05) is 19.1 Å². The molecular formula is C13H21N3OS. The van der Waals surface area contributed by atoms with Crippen LogP contribution in [0.1, 0.15) is 29.3 Å². The van der Waals surface area contributed by atoms with Crippen molar-refractivity contribution in [3.63, 3.8) is 0 Å². The summed E-state index contributed by atoms with van der Waals surface area (Å²) in [5.74, 6) is 5.32. The summed E-state index contributed by atoms with van der Waals surface area (Å²) in [5, 5.41) is 3.49. The van der Waals surface area contributed by atoms with E-state index in [0.717, 1.165) is 17.7 Å². The van der Waals surface area contributed by atoms with E-state index in [1.165, 1.54) is 0 Å². The molecule has 0 aliphatic carbocycles. The van der Waals surface area contributed by atoms with Crippen LogP contribution in [0.5, 0.6) is 0 Å². The zero-order chi connectivity index (χ0) is 13.5. The van der Waals surface area contributed by atoms with Gasteiger partial charge in [-0.3, -0.25) is 10.6 Å². The number of carbonyl (C=O) groups is 1. The number of aryl methyl sites for hydroxylation is 1. The van der Waals surface area contributed by atoms with Gasteiger partial charge in [0.25, 0.3) is 5.91 Å². The lowest BCUT2D eigenvalue weighted by Gasteiger charge is -2.10. The van der Waals surface area contributed by atoms with Gasteiger partial charge in [-0.05, 0) is 43.4 Å². The van der Waals surface area contributed by atoms with Crippen molar-refractivity contribution >= 4 is 23.4 Å². The molecule has 0 bridgehead atoms. The molecule has 0 aliphatic heterocycles. The standard InChI is InChI=1S/C13H21N3OS/c1-9-8-11(4-5-12(9)16-14)13(17)15-7-6-10(2)18-3/h4-5,8,10,16H,6-7,14H2,1-3H3,(H,15,17). The molecule has 0 aliphatic rings. The summed E-state index contributed by atoms with van der Waals surface area (Å²) in [6.07, 6.45) is 3.06. The molecule has 4 N–H and O–H groups in total. The summed E-state index contributed by atoms with van der Waals surface area (Å²) in [4.78, 5) is 11.9. The minimum atomic E-state index is -0.0324. The van der Waals surface area contributed by atoms with E-state index >= 15 is 0 Å². The number of nitrogens with two attached hydrogens (primary N) is 1. The summed E-state index contributed by atoms with van der Waals surface area (Å²) in [7, 11) is 0. The molecule has 1 atom stereocenters. The van der Waals surface area contributed by atoms with Crippen molar-refractivity contribution in [2.75, 3.05) is 18.2 Å². The topological polar surface area (TPSA) is 67.2 Å². The number of thioether (sulfide) groups is 1. The third-order valence-electron chi connectivity index (χ3n) is 2.88. The molecule has 0 saturated carbocycles. The number of hydrogen-bond acceptors (Lipinski definition) is 4. The Morgan fingerprint density at radius 2 is 2.22 bits per heavy atom. The van der Waals surface area contributed by atoms with Gasteiger partial charge in [-0.25, -0.2) is 0 Å². The van der Waals surface area contributed by atoms with Gasteiger partial charge >= 0.3 is 0 Å². The van der Waals surface area contributed by atoms with E-state index in [9.17, 15) is 4.79 Å². The van der Waals surface area contributed by atoms with Gasteiger partial charge in [-0.2, -0.15) is 11.8 Å². The molecule has 100 valence electrons. The van der Waals surface area contributed by atoms with E-state index in [0.29, 0.717) is 17.4 Å². The number of carbonyl (C=O) groups excluding carboxylic acids is 1. The van der Waals surface area contributed by atoms with Gasteiger partial charge in [0, 0.05) is 17.4 Å². The minimum absolute atomic E-state index is 0.0324. The lowest BCUT2D eigenvalue weighted by Crippen LogP contribution is -2.26. The fraction of sp³-hybridized carbons (Fsp3) is 0.462. The normalized spacial score (nSPS) is 12.0. The average molecular weight is 267 g/mol. The fourth-order valence-corrected chi connectivity index (χ4v) is 1.93. The molecule has 1 unspecified atom stereocenters. The number of amides is 1. The Bertz CT molecular complexity index is 409. The molecule has 0 spiro atoms. The van der Waals surface area contributed by atoms with Crippen molar-refractivity contribution in [2.45, 2.75) is 25.5 Å². The predicted molar refractivity (Wildman–Crippen MR) is 78.9 cm³/mol. The van der Waals surface area contributed by atoms with Crippen LogP contribution < -0.4 is 16.6 Å². The molecule has 0 radical (unpaired) electrons. The Kier molecular flexibility index (Phi) is 6.01. The minimum Gasteiger partial charge on any atom is -0.352 e. The van der Waals surface area contributed by atoms with Crippen LogP contribution >= 0.6 is 11.8 Å². The second-order valence-electron chi connectivity index (χ2n) is 4.26. The number of rotatable bonds is 6. The summed E-state index contributed by atoms with van der Waals surface area (Å²) in [5.41, 5.74) is 5.06. The molecule has 0 saturated heterocycles. The molecule has 1 aromatic carbocycles. The van der Waals surface area contributed by atoms with E-state index < -0.39 is 0 Å². The van der Waals surface area contributed by atoms with Crippen molar-refractivity contribution in [3.05, 3.63) is 29.3 Å². The largest absolute Gasteiger partial charge is 0.352 e. The second-order valence-corrected chi connectivity index (χ2v) is 5.54. The number of nitrogens with one attached hydrogen (secondary N) is 2. The molecule has 1 aromatic rings. The average Bonchev–Trinajstić information content (AvgIpc) is 2.38. The van der Waals surface area contributed by atoms with Gasteiger partial charge < -0.3 is 10.7 Å². The van der Waals surface area contributed by atoms with Gasteiger partial charge in [-0.1, -0.05) is 6.92 Å². The van der Waals surface area contributed by atoms with Crippen LogP contribution in [-0.4, -0.2) is 24.0 Å². The first-order valence-electron chi connectivity index (χ1n) is 5.96. The molecule has 1 amide bonds.